The Labute approximate surface area is 491 Å². The fraction of sp³-hybridized carbons (Fsp3) is 0.455. The van der Waals surface area contributed by atoms with Gasteiger partial charge in [-0.3, -0.25) is 0 Å². The van der Waals surface area contributed by atoms with Crippen molar-refractivity contribution in [3.05, 3.63) is 160 Å². The molecule has 4 nitrogen and oxygen atoms in total. The van der Waals surface area contributed by atoms with Gasteiger partial charge in [0.15, 0.2) is 0 Å². The van der Waals surface area contributed by atoms with Crippen molar-refractivity contribution in [3.63, 3.8) is 0 Å². The molecule has 0 radical (unpaired) electrons. The first kappa shape index (κ1) is 52.6. The molecule has 15 rings (SSSR count). The highest BCUT2D eigenvalue weighted by Gasteiger charge is 2.59. The molecule has 0 spiro atoms. The molecule has 7 aliphatic rings. The molecule has 1 aromatic heterocycles. The minimum atomic E-state index is -0.174. The number of furan rings is 1. The number of hydrogen-bond donors (Lipinski definition) is 0. The fourth-order valence-corrected chi connectivity index (χ4v) is 18.4. The molecule has 82 heavy (non-hydrogen) atoms. The zero-order chi connectivity index (χ0) is 57.6. The zero-order valence-electron chi connectivity index (χ0n) is 52.7. The first-order valence-corrected chi connectivity index (χ1v) is 31.6. The summed E-state index contributed by atoms with van der Waals surface area (Å²) in [6.07, 6.45) is 10.5. The molecule has 3 aliphatic heterocycles. The van der Waals surface area contributed by atoms with Gasteiger partial charge < -0.3 is 19.1 Å². The highest BCUT2D eigenvalue weighted by molar-refractivity contribution is 7.00. The number of para-hydroxylation sites is 1. The molecule has 0 amide bonds. The van der Waals surface area contributed by atoms with E-state index < -0.39 is 0 Å². The summed E-state index contributed by atoms with van der Waals surface area (Å²) < 4.78 is 6.88. The second-order valence-electron chi connectivity index (χ2n) is 32.5. The molecule has 1 saturated carbocycles. The van der Waals surface area contributed by atoms with Crippen LogP contribution >= 0.6 is 0 Å². The molecule has 1 fully saturated rings. The van der Waals surface area contributed by atoms with Crippen LogP contribution in [0.25, 0.3) is 21.9 Å². The summed E-state index contributed by atoms with van der Waals surface area (Å²) in [5, 5.41) is 2.32. The highest BCUT2D eigenvalue weighted by Crippen LogP contribution is 2.63. The lowest BCUT2D eigenvalue weighted by Crippen LogP contribution is -2.62. The average molecular weight is 1080 g/mol. The molecule has 2 unspecified atom stereocenters. The van der Waals surface area contributed by atoms with E-state index in [2.05, 4.69) is 248 Å². The molecule has 2 atom stereocenters. The van der Waals surface area contributed by atoms with E-state index in [1.54, 1.807) is 0 Å². The van der Waals surface area contributed by atoms with E-state index in [1.165, 1.54) is 137 Å². The second kappa shape index (κ2) is 16.4. The van der Waals surface area contributed by atoms with Gasteiger partial charge in [-0.05, 0) is 211 Å². The zero-order valence-corrected chi connectivity index (χ0v) is 52.7. The highest BCUT2D eigenvalue weighted by atomic mass is 16.3. The van der Waals surface area contributed by atoms with Crippen molar-refractivity contribution < 1.29 is 4.42 Å². The first-order chi connectivity index (χ1) is 38.5. The lowest BCUT2D eigenvalue weighted by Gasteiger charge is -2.51. The minimum Gasteiger partial charge on any atom is -0.456 e. The van der Waals surface area contributed by atoms with Gasteiger partial charge in [-0.25, -0.2) is 0 Å². The van der Waals surface area contributed by atoms with E-state index in [9.17, 15) is 0 Å². The van der Waals surface area contributed by atoms with Gasteiger partial charge >= 0.3 is 0 Å². The summed E-state index contributed by atoms with van der Waals surface area (Å²) in [5.41, 5.74) is 28.2. The van der Waals surface area contributed by atoms with Gasteiger partial charge in [-0.2, -0.15) is 0 Å². The molecule has 4 aliphatic carbocycles. The van der Waals surface area contributed by atoms with Gasteiger partial charge in [0.1, 0.15) is 11.2 Å². The summed E-state index contributed by atoms with van der Waals surface area (Å²) in [7, 11) is 0. The molecule has 0 bridgehead atoms. The van der Waals surface area contributed by atoms with Crippen LogP contribution < -0.4 is 31.1 Å². The normalized spacial score (nSPS) is 24.3. The second-order valence-corrected chi connectivity index (χ2v) is 32.5. The van der Waals surface area contributed by atoms with Crippen molar-refractivity contribution >= 4 is 90.5 Å². The van der Waals surface area contributed by atoms with Crippen LogP contribution in [0.15, 0.2) is 120 Å². The Balaban J connectivity index is 1.13. The van der Waals surface area contributed by atoms with Crippen molar-refractivity contribution in [1.82, 2.24) is 0 Å². The summed E-state index contributed by atoms with van der Waals surface area (Å²) in [4.78, 5) is 8.42. The van der Waals surface area contributed by atoms with E-state index in [0.29, 0.717) is 0 Å². The molecule has 4 heterocycles. The molecular formula is C77H88BN3O. The Morgan fingerprint density at radius 3 is 1.62 bits per heavy atom. The van der Waals surface area contributed by atoms with E-state index in [1.807, 2.05) is 0 Å². The van der Waals surface area contributed by atoms with Crippen LogP contribution in [0.5, 0.6) is 0 Å². The molecule has 7 aromatic carbocycles. The number of nitrogens with zero attached hydrogens (tertiary/aromatic N) is 3. The molecule has 420 valence electrons. The van der Waals surface area contributed by atoms with E-state index in [0.717, 1.165) is 48.7 Å². The van der Waals surface area contributed by atoms with Crippen molar-refractivity contribution in [2.24, 2.45) is 0 Å². The molecule has 0 saturated heterocycles. The summed E-state index contributed by atoms with van der Waals surface area (Å²) in [6, 6.07) is 47.1. The number of benzene rings is 7. The maximum atomic E-state index is 6.88. The standard InChI is InChI=1S/C77H88BN3O/c1-69(2,3)46-27-30-59-56(37-46)76(16)31-20-21-32-77(76,17)81(59)48-39-63-68-64(40-48)80(60-24-22-26-66-67(60)49-23-18-19-25-65(49)82-66)62-44-55-53(74(12,13)45-75(55,14)15)42-58(62)78(68)57-41-52-54(73(10,11)36-35-72(52,8)9)43-61(57)79(63)47-28-29-50-51(38-47)71(6,7)34-33-70(50,4)5/h18-19,22-30,37-44H,20-21,31-36,45H2,1-17H3. The quantitative estimate of drug-likeness (QED) is 0.165. The summed E-state index contributed by atoms with van der Waals surface area (Å²) >= 11 is 0. The summed E-state index contributed by atoms with van der Waals surface area (Å²) in [5.74, 6) is 0. The van der Waals surface area contributed by atoms with Crippen molar-refractivity contribution in [2.75, 3.05) is 14.7 Å². The van der Waals surface area contributed by atoms with Crippen molar-refractivity contribution in [3.8, 4) is 0 Å². The third-order valence-electron chi connectivity index (χ3n) is 23.4. The van der Waals surface area contributed by atoms with E-state index >= 15 is 0 Å². The van der Waals surface area contributed by atoms with Gasteiger partial charge in [0.2, 0.25) is 0 Å². The Hall–Kier alpha value is -6.20. The Morgan fingerprint density at radius 2 is 0.963 bits per heavy atom. The van der Waals surface area contributed by atoms with Gasteiger partial charge in [-0.1, -0.05) is 178 Å². The monoisotopic (exact) mass is 1080 g/mol. The van der Waals surface area contributed by atoms with Crippen LogP contribution in [0.2, 0.25) is 0 Å². The molecule has 0 N–H and O–H groups in total. The maximum Gasteiger partial charge on any atom is 0.252 e. The van der Waals surface area contributed by atoms with E-state index in [-0.39, 0.29) is 55.6 Å². The van der Waals surface area contributed by atoms with Gasteiger partial charge in [0.05, 0.1) is 16.6 Å². The van der Waals surface area contributed by atoms with Gasteiger partial charge in [-0.15, -0.1) is 0 Å². The average Bonchev–Trinajstić information content (AvgIpc) is 1.31. The van der Waals surface area contributed by atoms with Crippen molar-refractivity contribution in [1.29, 1.82) is 0 Å². The number of hydrogen-bond acceptors (Lipinski definition) is 4. The Kier molecular flexibility index (Phi) is 10.5. The smallest absolute Gasteiger partial charge is 0.252 e. The fourth-order valence-electron chi connectivity index (χ4n) is 18.4. The third-order valence-corrected chi connectivity index (χ3v) is 23.4. The number of anilines is 8. The van der Waals surface area contributed by atoms with Crippen LogP contribution in [0.4, 0.5) is 45.5 Å². The van der Waals surface area contributed by atoms with Crippen LogP contribution in [-0.2, 0) is 43.3 Å². The number of fused-ring (bicyclic) bond motifs is 13. The predicted molar refractivity (Wildman–Crippen MR) is 350 cm³/mol. The van der Waals surface area contributed by atoms with Crippen LogP contribution in [-0.4, -0.2) is 12.3 Å². The summed E-state index contributed by atoms with van der Waals surface area (Å²) in [6.45, 7) is 42.4. The first-order valence-electron chi connectivity index (χ1n) is 31.6. The van der Waals surface area contributed by atoms with Crippen LogP contribution in [0.1, 0.15) is 220 Å². The topological polar surface area (TPSA) is 22.9 Å². The molecule has 5 heteroatoms. The Bertz CT molecular complexity index is 4100. The van der Waals surface area contributed by atoms with Crippen molar-refractivity contribution in [2.45, 2.75) is 224 Å². The lowest BCUT2D eigenvalue weighted by atomic mass is 9.33. The third kappa shape index (κ3) is 6.98. The Morgan fingerprint density at radius 1 is 0.415 bits per heavy atom. The van der Waals surface area contributed by atoms with E-state index in [4.69, 9.17) is 4.42 Å². The molecular weight excluding hydrogens is 994 g/mol. The van der Waals surface area contributed by atoms with Gasteiger partial charge in [0.25, 0.3) is 6.71 Å². The van der Waals surface area contributed by atoms with Crippen LogP contribution in [0, 0.1) is 0 Å². The molecule has 8 aromatic rings. The largest absolute Gasteiger partial charge is 0.456 e. The van der Waals surface area contributed by atoms with Gasteiger partial charge in [0, 0.05) is 50.6 Å². The lowest BCUT2D eigenvalue weighted by molar-refractivity contribution is 0.195. The maximum absolute atomic E-state index is 6.88. The predicted octanol–water partition coefficient (Wildman–Crippen LogP) is 19.4. The minimum absolute atomic E-state index is 0.000364. The number of rotatable bonds is 3. The SMILES string of the molecule is CC(C)(C)c1ccc2c(c1)C1(C)CCCCC1(C)N2c1cc2c3c(c1)N(c1cccc4oc5ccccc5c14)c1cc4c(cc1B3c1cc3c(cc1N2c1ccc2c(c1)C(C)(C)CCC2(C)C)C(C)(C)CCC3(C)C)C(C)(C)CC4(C)C. The van der Waals surface area contributed by atoms with Crippen LogP contribution in [0.3, 0.4) is 0 Å².